The third-order valence-electron chi connectivity index (χ3n) is 19.2. The second-order valence-corrected chi connectivity index (χ2v) is 27.4. The average molecular weight is 1350 g/mol. The van der Waals surface area contributed by atoms with Gasteiger partial charge in [-0.2, -0.15) is 0 Å². The van der Waals surface area contributed by atoms with Crippen LogP contribution in [0.4, 0.5) is 0 Å². The van der Waals surface area contributed by atoms with Gasteiger partial charge in [-0.3, -0.25) is 4.79 Å². The highest BCUT2D eigenvalue weighted by atomic mass is 16.8. The topological polar surface area (TPSA) is 307 Å². The van der Waals surface area contributed by atoms with Crippen LogP contribution in [-0.2, 0) is 33.2 Å². The number of rotatable bonds is 60. The molecular formula is C76H139NO18. The molecule has 12 N–H and O–H groups in total. The van der Waals surface area contributed by atoms with Gasteiger partial charge in [0.05, 0.1) is 38.6 Å². The summed E-state index contributed by atoms with van der Waals surface area (Å²) in [6.45, 7) is 1.73. The lowest BCUT2D eigenvalue weighted by Crippen LogP contribution is -2.66. The molecule has 1 amide bonds. The maximum Gasteiger partial charge on any atom is 0.220 e. The molecule has 0 saturated carbocycles. The number of amides is 1. The molecule has 3 aliphatic heterocycles. The number of carbonyl (C=O) groups excluding carboxylic acids is 1. The Morgan fingerprint density at radius 3 is 1.14 bits per heavy atom. The number of nitrogens with one attached hydrogen (secondary N) is 1. The lowest BCUT2D eigenvalue weighted by Gasteiger charge is -2.48. The first-order valence-electron chi connectivity index (χ1n) is 38.4. The minimum Gasteiger partial charge on any atom is -0.394 e. The van der Waals surface area contributed by atoms with Crippen LogP contribution in [0.3, 0.4) is 0 Å². The highest BCUT2D eigenvalue weighted by Gasteiger charge is 2.53. The molecule has 0 aromatic rings. The number of allylic oxidation sites excluding steroid dienone is 8. The van der Waals surface area contributed by atoms with Crippen molar-refractivity contribution in [3.05, 3.63) is 48.6 Å². The monoisotopic (exact) mass is 1350 g/mol. The molecule has 19 nitrogen and oxygen atoms in total. The summed E-state index contributed by atoms with van der Waals surface area (Å²) in [5.41, 5.74) is 0. The largest absolute Gasteiger partial charge is 0.394 e. The van der Waals surface area contributed by atoms with Gasteiger partial charge < -0.3 is 89.9 Å². The quantitative estimate of drug-likeness (QED) is 0.0199. The summed E-state index contributed by atoms with van der Waals surface area (Å²) in [6, 6.07) is -0.890. The molecule has 3 rings (SSSR count). The van der Waals surface area contributed by atoms with E-state index in [-0.39, 0.29) is 18.9 Å². The first-order valence-corrected chi connectivity index (χ1v) is 38.4. The minimum absolute atomic E-state index is 0.241. The van der Waals surface area contributed by atoms with E-state index in [0.717, 1.165) is 70.6 Å². The van der Waals surface area contributed by atoms with Crippen LogP contribution in [0.25, 0.3) is 0 Å². The molecule has 3 aliphatic rings. The molecule has 95 heavy (non-hydrogen) atoms. The summed E-state index contributed by atoms with van der Waals surface area (Å²) in [5, 5.41) is 121. The van der Waals surface area contributed by atoms with E-state index in [1.54, 1.807) is 0 Å². The molecule has 19 heteroatoms. The summed E-state index contributed by atoms with van der Waals surface area (Å²) in [5.74, 6) is -0.241. The van der Waals surface area contributed by atoms with Gasteiger partial charge in [0, 0.05) is 6.42 Å². The smallest absolute Gasteiger partial charge is 0.220 e. The molecule has 3 fully saturated rings. The van der Waals surface area contributed by atoms with E-state index >= 15 is 0 Å². The Labute approximate surface area is 573 Å². The lowest BCUT2D eigenvalue weighted by molar-refractivity contribution is -0.379. The van der Waals surface area contributed by atoms with Crippen molar-refractivity contribution in [1.29, 1.82) is 0 Å². The first kappa shape index (κ1) is 87.0. The first-order chi connectivity index (χ1) is 46.3. The Morgan fingerprint density at radius 2 is 0.726 bits per heavy atom. The molecule has 0 aliphatic carbocycles. The van der Waals surface area contributed by atoms with Gasteiger partial charge in [-0.05, 0) is 51.4 Å². The van der Waals surface area contributed by atoms with Crippen molar-refractivity contribution in [2.45, 2.75) is 401 Å². The Morgan fingerprint density at radius 1 is 0.389 bits per heavy atom. The molecule has 0 radical (unpaired) electrons. The van der Waals surface area contributed by atoms with Crippen LogP contribution in [0.15, 0.2) is 48.6 Å². The molecule has 556 valence electrons. The van der Waals surface area contributed by atoms with Gasteiger partial charge in [0.15, 0.2) is 18.9 Å². The average Bonchev–Trinajstić information content (AvgIpc) is 0.787. The van der Waals surface area contributed by atoms with Crippen LogP contribution in [0.5, 0.6) is 0 Å². The van der Waals surface area contributed by atoms with E-state index in [0.29, 0.717) is 12.8 Å². The van der Waals surface area contributed by atoms with Crippen LogP contribution in [0, 0.1) is 0 Å². The van der Waals surface area contributed by atoms with Crippen LogP contribution in [-0.4, -0.2) is 193 Å². The van der Waals surface area contributed by atoms with Crippen LogP contribution in [0.1, 0.15) is 296 Å². The Balaban J connectivity index is 1.39. The standard InChI is InChI=1S/C76H139NO18/c1-3-5-7-9-11-13-15-17-19-21-23-25-27-28-29-30-32-34-36-38-40-42-44-46-48-50-52-54-64(82)77-59(60(81)53-51-49-47-45-43-41-39-37-35-33-31-26-24-22-20-18-16-14-12-10-8-6-4-2)58-90-74-70(88)67(85)72(62(56-79)92-74)95-76-71(89)68(86)73(63(57-80)93-76)94-75-69(87)66(84)65(83)61(55-78)91-75/h5,7,11,13,17,19,23,25,59-63,65-76,78-81,83-89H,3-4,6,8-10,12,14-16,18,20-22,24,26-58H2,1-2H3,(H,77,82)/b7-5-,13-11-,19-17-,25-23-. The van der Waals surface area contributed by atoms with Crippen molar-refractivity contribution in [1.82, 2.24) is 5.32 Å². The number of hydrogen-bond acceptors (Lipinski definition) is 18. The summed E-state index contributed by atoms with van der Waals surface area (Å²) in [7, 11) is 0. The number of unbranched alkanes of at least 4 members (excludes halogenated alkanes) is 36. The number of aliphatic hydroxyl groups excluding tert-OH is 11. The predicted molar refractivity (Wildman–Crippen MR) is 374 cm³/mol. The van der Waals surface area contributed by atoms with Crippen molar-refractivity contribution in [3.63, 3.8) is 0 Å². The second kappa shape index (κ2) is 57.4. The Bertz CT molecular complexity index is 1910. The summed E-state index contributed by atoms with van der Waals surface area (Å²) in [4.78, 5) is 13.5. The van der Waals surface area contributed by atoms with Gasteiger partial charge in [-0.1, -0.05) is 287 Å². The molecule has 0 aromatic heterocycles. The second-order valence-electron chi connectivity index (χ2n) is 27.4. The Kier molecular flexibility index (Phi) is 52.5. The normalized spacial score (nSPS) is 27.4. The van der Waals surface area contributed by atoms with Crippen molar-refractivity contribution in [3.8, 4) is 0 Å². The predicted octanol–water partition coefficient (Wildman–Crippen LogP) is 11.7. The highest BCUT2D eigenvalue weighted by Crippen LogP contribution is 2.33. The van der Waals surface area contributed by atoms with Gasteiger partial charge in [0.1, 0.15) is 73.2 Å². The third kappa shape index (κ3) is 38.4. The molecule has 17 atom stereocenters. The van der Waals surface area contributed by atoms with Gasteiger partial charge in [0.2, 0.25) is 5.91 Å². The van der Waals surface area contributed by atoms with Gasteiger partial charge in [-0.25, -0.2) is 0 Å². The zero-order chi connectivity index (χ0) is 68.9. The number of carbonyl (C=O) groups is 1. The van der Waals surface area contributed by atoms with Crippen molar-refractivity contribution in [2.75, 3.05) is 26.4 Å². The summed E-state index contributed by atoms with van der Waals surface area (Å²) in [6.07, 6.45) is 43.3. The molecule has 17 unspecified atom stereocenters. The van der Waals surface area contributed by atoms with E-state index in [9.17, 15) is 61.0 Å². The summed E-state index contributed by atoms with van der Waals surface area (Å²) >= 11 is 0. The lowest BCUT2D eigenvalue weighted by atomic mass is 9.96. The van der Waals surface area contributed by atoms with E-state index in [1.807, 2.05) is 0 Å². The number of ether oxygens (including phenoxy) is 6. The van der Waals surface area contributed by atoms with Crippen LogP contribution < -0.4 is 5.32 Å². The molecule has 0 bridgehead atoms. The van der Waals surface area contributed by atoms with Gasteiger partial charge in [-0.15, -0.1) is 0 Å². The van der Waals surface area contributed by atoms with Crippen molar-refractivity contribution >= 4 is 5.91 Å². The zero-order valence-corrected chi connectivity index (χ0v) is 59.2. The molecule has 3 heterocycles. The number of aliphatic hydroxyl groups is 11. The zero-order valence-electron chi connectivity index (χ0n) is 59.2. The van der Waals surface area contributed by atoms with Gasteiger partial charge in [0.25, 0.3) is 0 Å². The molecule has 0 aromatic carbocycles. The van der Waals surface area contributed by atoms with Gasteiger partial charge >= 0.3 is 0 Å². The maximum absolute atomic E-state index is 13.5. The maximum atomic E-state index is 13.5. The van der Waals surface area contributed by atoms with Crippen LogP contribution >= 0.6 is 0 Å². The molecule has 0 spiro atoms. The molecular weight excluding hydrogens is 1210 g/mol. The summed E-state index contributed by atoms with van der Waals surface area (Å²) < 4.78 is 34.5. The van der Waals surface area contributed by atoms with Crippen molar-refractivity contribution in [2.24, 2.45) is 0 Å². The Hall–Kier alpha value is -2.25. The van der Waals surface area contributed by atoms with E-state index in [1.165, 1.54) is 193 Å². The highest BCUT2D eigenvalue weighted by molar-refractivity contribution is 5.76. The minimum atomic E-state index is -1.97. The fourth-order valence-electron chi connectivity index (χ4n) is 13.0. The fourth-order valence-corrected chi connectivity index (χ4v) is 13.0. The third-order valence-corrected chi connectivity index (χ3v) is 19.2. The van der Waals surface area contributed by atoms with Crippen molar-refractivity contribution < 1.29 is 89.4 Å². The SMILES string of the molecule is CC/C=C\C/C=C\C/C=C\C/C=C\CCCCCCCCCCCCCCCCC(=O)NC(COC1OC(CO)C(OC2OC(CO)C(OC3OC(CO)C(O)C(O)C3O)C(O)C2O)C(O)C1O)C(O)CCCCCCCCCCCCCCCCCCCCCCCCC. The van der Waals surface area contributed by atoms with E-state index in [4.69, 9.17) is 28.4 Å². The van der Waals surface area contributed by atoms with Crippen LogP contribution in [0.2, 0.25) is 0 Å². The molecule has 3 saturated heterocycles. The van der Waals surface area contributed by atoms with E-state index < -0.39 is 124 Å². The fraction of sp³-hybridized carbons (Fsp3) is 0.882. The number of hydrogen-bond donors (Lipinski definition) is 12. The van der Waals surface area contributed by atoms with E-state index in [2.05, 4.69) is 67.8 Å².